The van der Waals surface area contributed by atoms with E-state index in [2.05, 4.69) is 21.1 Å². The molecule has 0 aliphatic carbocycles. The first-order chi connectivity index (χ1) is 11.4. The van der Waals surface area contributed by atoms with Crippen molar-refractivity contribution < 1.29 is 14.7 Å². The van der Waals surface area contributed by atoms with E-state index in [9.17, 15) is 5.21 Å². The number of nitrogens with zero attached hydrogens (tertiary/aromatic N) is 1. The summed E-state index contributed by atoms with van der Waals surface area (Å²) in [7, 11) is 0. The summed E-state index contributed by atoms with van der Waals surface area (Å²) < 4.78 is 13.0. The van der Waals surface area contributed by atoms with Crippen molar-refractivity contribution in [2.45, 2.75) is 39.4 Å². The lowest BCUT2D eigenvalue weighted by molar-refractivity contribution is 0.109. The minimum Gasteiger partial charge on any atom is -0.489 e. The third-order valence-electron chi connectivity index (χ3n) is 3.98. The first-order valence-corrected chi connectivity index (χ1v) is 8.59. The lowest BCUT2D eigenvalue weighted by atomic mass is 9.90. The monoisotopic (exact) mass is 389 g/mol. The normalized spacial score (nSPS) is 17.2. The van der Waals surface area contributed by atoms with Gasteiger partial charge in [-0.3, -0.25) is 0 Å². The highest BCUT2D eigenvalue weighted by molar-refractivity contribution is 9.10. The first kappa shape index (κ1) is 16.8. The van der Waals surface area contributed by atoms with Crippen LogP contribution >= 0.6 is 15.9 Å². The molecule has 1 N–H and O–H groups in total. The molecular weight excluding hydrogens is 370 g/mol. The van der Waals surface area contributed by atoms with Gasteiger partial charge in [0.1, 0.15) is 23.7 Å². The van der Waals surface area contributed by atoms with Gasteiger partial charge in [-0.1, -0.05) is 33.2 Å². The largest absolute Gasteiger partial charge is 0.489 e. The summed E-state index contributed by atoms with van der Waals surface area (Å²) in [5.74, 6) is 1.44. The van der Waals surface area contributed by atoms with E-state index in [4.69, 9.17) is 9.47 Å². The smallest absolute Gasteiger partial charge is 0.133 e. The zero-order chi connectivity index (χ0) is 17.3. The lowest BCUT2D eigenvalue weighted by Crippen LogP contribution is -2.36. The lowest BCUT2D eigenvalue weighted by Gasteiger charge is -2.33. The van der Waals surface area contributed by atoms with Gasteiger partial charge in [-0.2, -0.15) is 0 Å². The molecule has 0 radical (unpaired) electrons. The van der Waals surface area contributed by atoms with E-state index >= 15 is 0 Å². The molecule has 126 valence electrons. The highest BCUT2D eigenvalue weighted by atomic mass is 79.9. The van der Waals surface area contributed by atoms with Crippen molar-refractivity contribution in [3.8, 4) is 11.5 Å². The number of oxime groups is 1. The van der Waals surface area contributed by atoms with Crippen molar-refractivity contribution in [3.05, 3.63) is 57.6 Å². The minimum atomic E-state index is -0.411. The topological polar surface area (TPSA) is 51.0 Å². The van der Waals surface area contributed by atoms with Gasteiger partial charge in [-0.15, -0.1) is 0 Å². The number of aryl methyl sites for hydroxylation is 1. The molecule has 0 atom stereocenters. The van der Waals surface area contributed by atoms with Gasteiger partial charge in [-0.05, 0) is 50.1 Å². The van der Waals surface area contributed by atoms with E-state index in [1.165, 1.54) is 0 Å². The maximum absolute atomic E-state index is 9.34. The Bertz CT molecular complexity index is 782. The molecule has 0 amide bonds. The van der Waals surface area contributed by atoms with Crippen LogP contribution in [0.4, 0.5) is 0 Å². The van der Waals surface area contributed by atoms with Crippen LogP contribution in [0.3, 0.4) is 0 Å². The van der Waals surface area contributed by atoms with Crippen LogP contribution in [-0.2, 0) is 6.61 Å². The number of benzene rings is 2. The molecule has 2 aromatic carbocycles. The second-order valence-electron chi connectivity index (χ2n) is 6.61. The molecule has 3 rings (SSSR count). The van der Waals surface area contributed by atoms with Crippen LogP contribution in [-0.4, -0.2) is 16.5 Å². The Labute approximate surface area is 150 Å². The second kappa shape index (κ2) is 6.48. The van der Waals surface area contributed by atoms with Crippen molar-refractivity contribution in [1.82, 2.24) is 0 Å². The molecule has 1 aliphatic rings. The van der Waals surface area contributed by atoms with Crippen LogP contribution < -0.4 is 9.47 Å². The quantitative estimate of drug-likeness (QED) is 0.588. The van der Waals surface area contributed by atoms with Gasteiger partial charge in [0, 0.05) is 22.5 Å². The fourth-order valence-corrected chi connectivity index (χ4v) is 3.18. The number of rotatable bonds is 3. The minimum absolute atomic E-state index is 0.411. The highest BCUT2D eigenvalue weighted by Crippen LogP contribution is 2.38. The third-order valence-corrected chi connectivity index (χ3v) is 4.51. The van der Waals surface area contributed by atoms with Gasteiger partial charge < -0.3 is 14.7 Å². The van der Waals surface area contributed by atoms with E-state index in [1.807, 2.05) is 57.2 Å². The molecule has 0 spiro atoms. The Morgan fingerprint density at radius 1 is 1.25 bits per heavy atom. The predicted molar refractivity (Wildman–Crippen MR) is 97.3 cm³/mol. The molecule has 0 aromatic heterocycles. The zero-order valence-electron chi connectivity index (χ0n) is 14.0. The van der Waals surface area contributed by atoms with E-state index in [0.717, 1.165) is 26.9 Å². The molecule has 5 heteroatoms. The van der Waals surface area contributed by atoms with Crippen molar-refractivity contribution in [1.29, 1.82) is 0 Å². The molecule has 0 saturated heterocycles. The summed E-state index contributed by atoms with van der Waals surface area (Å²) in [6, 6.07) is 11.8. The number of fused-ring (bicyclic) bond motifs is 1. The third kappa shape index (κ3) is 3.56. The number of halogens is 1. The number of hydrogen-bond acceptors (Lipinski definition) is 4. The van der Waals surface area contributed by atoms with Crippen LogP contribution in [0, 0.1) is 6.92 Å². The molecule has 2 aromatic rings. The number of ether oxygens (including phenoxy) is 2. The van der Waals surface area contributed by atoms with Gasteiger partial charge in [0.15, 0.2) is 0 Å². The highest BCUT2D eigenvalue weighted by Gasteiger charge is 2.33. The summed E-state index contributed by atoms with van der Waals surface area (Å²) in [6.07, 6.45) is 0.566. The van der Waals surface area contributed by atoms with Crippen molar-refractivity contribution in [2.75, 3.05) is 0 Å². The maximum atomic E-state index is 9.34. The molecule has 0 unspecified atom stereocenters. The van der Waals surface area contributed by atoms with Crippen LogP contribution in [0.2, 0.25) is 0 Å². The predicted octanol–water partition coefficient (Wildman–Crippen LogP) is 5.08. The molecular formula is C19H20BrNO3. The van der Waals surface area contributed by atoms with E-state index in [0.29, 0.717) is 24.5 Å². The molecule has 0 fully saturated rings. The van der Waals surface area contributed by atoms with Crippen LogP contribution in [0.15, 0.2) is 46.0 Å². The van der Waals surface area contributed by atoms with Gasteiger partial charge in [0.25, 0.3) is 0 Å². The summed E-state index contributed by atoms with van der Waals surface area (Å²) in [6.45, 7) is 6.41. The fraction of sp³-hybridized carbons (Fsp3) is 0.316. The van der Waals surface area contributed by atoms with E-state index in [-0.39, 0.29) is 0 Å². The SMILES string of the molecule is Cc1cc(OCc2ccc(Br)cc2)cc2c1/C(=N\O)CC(C)(C)O2. The van der Waals surface area contributed by atoms with Crippen LogP contribution in [0.5, 0.6) is 11.5 Å². The van der Waals surface area contributed by atoms with Crippen LogP contribution in [0.25, 0.3) is 0 Å². The van der Waals surface area contributed by atoms with E-state index < -0.39 is 5.60 Å². The fourth-order valence-electron chi connectivity index (χ4n) is 2.91. The Hall–Kier alpha value is -2.01. The molecule has 0 saturated carbocycles. The Morgan fingerprint density at radius 2 is 1.96 bits per heavy atom. The summed E-state index contributed by atoms with van der Waals surface area (Å²) in [5.41, 5.74) is 3.16. The van der Waals surface area contributed by atoms with Gasteiger partial charge in [-0.25, -0.2) is 0 Å². The number of hydrogen-bond donors (Lipinski definition) is 1. The molecule has 0 bridgehead atoms. The Morgan fingerprint density at radius 3 is 2.62 bits per heavy atom. The average Bonchev–Trinajstić information content (AvgIpc) is 2.52. The molecule has 24 heavy (non-hydrogen) atoms. The Kier molecular flexibility index (Phi) is 4.54. The summed E-state index contributed by atoms with van der Waals surface area (Å²) in [4.78, 5) is 0. The van der Waals surface area contributed by atoms with Crippen molar-refractivity contribution in [3.63, 3.8) is 0 Å². The molecule has 1 aliphatic heterocycles. The molecule has 1 heterocycles. The molecule has 4 nitrogen and oxygen atoms in total. The standard InChI is InChI=1S/C19H20BrNO3/c1-12-8-15(23-11-13-4-6-14(20)7-5-13)9-17-18(12)16(21-22)10-19(2,3)24-17/h4-9,22H,10-11H2,1-3H3/b21-16-. The first-order valence-electron chi connectivity index (χ1n) is 7.80. The summed E-state index contributed by atoms with van der Waals surface area (Å²) in [5, 5.41) is 12.8. The van der Waals surface area contributed by atoms with Crippen molar-refractivity contribution >= 4 is 21.6 Å². The zero-order valence-corrected chi connectivity index (χ0v) is 15.6. The average molecular weight is 390 g/mol. The Balaban J connectivity index is 1.86. The van der Waals surface area contributed by atoms with Gasteiger partial charge >= 0.3 is 0 Å². The van der Waals surface area contributed by atoms with E-state index in [1.54, 1.807) is 0 Å². The van der Waals surface area contributed by atoms with Crippen LogP contribution in [0.1, 0.15) is 37.0 Å². The van der Waals surface area contributed by atoms with Gasteiger partial charge in [0.05, 0.1) is 5.71 Å². The maximum Gasteiger partial charge on any atom is 0.133 e. The van der Waals surface area contributed by atoms with Crippen molar-refractivity contribution in [2.24, 2.45) is 5.16 Å². The summed E-state index contributed by atoms with van der Waals surface area (Å²) >= 11 is 3.43. The van der Waals surface area contributed by atoms with Gasteiger partial charge in [0.2, 0.25) is 0 Å². The second-order valence-corrected chi connectivity index (χ2v) is 7.53.